The van der Waals surface area contributed by atoms with Crippen molar-refractivity contribution in [1.29, 1.82) is 0 Å². The first-order valence-corrected chi connectivity index (χ1v) is 26.0. The lowest BCUT2D eigenvalue weighted by Crippen LogP contribution is -2.60. The molecular formula is C53H97NO9. The van der Waals surface area contributed by atoms with Crippen LogP contribution in [-0.2, 0) is 14.3 Å². The van der Waals surface area contributed by atoms with E-state index in [0.717, 1.165) is 44.9 Å². The van der Waals surface area contributed by atoms with Crippen LogP contribution in [0.1, 0.15) is 219 Å². The fourth-order valence-corrected chi connectivity index (χ4v) is 7.95. The van der Waals surface area contributed by atoms with Gasteiger partial charge in [-0.25, -0.2) is 0 Å². The Bertz CT molecular complexity index is 1140. The molecular weight excluding hydrogens is 795 g/mol. The van der Waals surface area contributed by atoms with E-state index in [0.29, 0.717) is 19.3 Å². The molecule has 0 aromatic carbocycles. The summed E-state index contributed by atoms with van der Waals surface area (Å²) in [4.78, 5) is 13.1. The van der Waals surface area contributed by atoms with E-state index in [4.69, 9.17) is 9.47 Å². The number of amides is 1. The van der Waals surface area contributed by atoms with Crippen molar-refractivity contribution in [2.75, 3.05) is 13.2 Å². The van der Waals surface area contributed by atoms with Crippen LogP contribution in [0.15, 0.2) is 48.6 Å². The minimum atomic E-state index is -1.62. The van der Waals surface area contributed by atoms with Crippen LogP contribution < -0.4 is 5.32 Å². The molecule has 1 amide bonds. The van der Waals surface area contributed by atoms with Crippen LogP contribution in [0.25, 0.3) is 0 Å². The average Bonchev–Trinajstić information content (AvgIpc) is 3.28. The maximum Gasteiger partial charge on any atom is 0.249 e. The third-order valence-corrected chi connectivity index (χ3v) is 12.2. The van der Waals surface area contributed by atoms with Crippen LogP contribution >= 0.6 is 0 Å². The first-order chi connectivity index (χ1) is 30.8. The van der Waals surface area contributed by atoms with Crippen LogP contribution in [0, 0.1) is 0 Å². The highest BCUT2D eigenvalue weighted by atomic mass is 16.7. The van der Waals surface area contributed by atoms with Gasteiger partial charge in [0.05, 0.1) is 25.4 Å². The van der Waals surface area contributed by atoms with Gasteiger partial charge in [-0.1, -0.05) is 197 Å². The van der Waals surface area contributed by atoms with Crippen molar-refractivity contribution in [2.45, 2.75) is 268 Å². The van der Waals surface area contributed by atoms with Crippen molar-refractivity contribution in [3.05, 3.63) is 48.6 Å². The minimum absolute atomic E-state index is 0.297. The standard InChI is InChI=1S/C53H97NO9/c1-3-5-7-9-11-13-15-17-18-19-20-21-22-23-24-25-26-27-28-30-32-34-36-38-40-42-47(57)52(61)54-45(44-62-53-51(60)50(59)49(58)48(43-55)63-53)46(56)41-39-37-35-33-31-29-16-14-12-10-8-6-4-2/h12,14,23-24,31,33,39,41,45-51,53,55-60H,3-11,13,15-22,25-30,32,34-38,40,42-44H2,1-2H3,(H,54,61)/b14-12+,24-23-,33-31+,41-39+. The summed E-state index contributed by atoms with van der Waals surface area (Å²) in [5.41, 5.74) is 0. The summed E-state index contributed by atoms with van der Waals surface area (Å²) in [6, 6.07) is -1.00. The van der Waals surface area contributed by atoms with Gasteiger partial charge in [0, 0.05) is 0 Å². The molecule has 0 spiro atoms. The number of hydrogen-bond donors (Lipinski definition) is 7. The molecule has 7 N–H and O–H groups in total. The maximum absolute atomic E-state index is 13.1. The van der Waals surface area contributed by atoms with Gasteiger partial charge in [-0.2, -0.15) is 0 Å². The summed E-state index contributed by atoms with van der Waals surface area (Å²) < 4.78 is 11.1. The van der Waals surface area contributed by atoms with Crippen LogP contribution in [-0.4, -0.2) is 98.7 Å². The SMILES string of the molecule is CCCCC/C=C/CC/C=C/CC/C=C/C(O)C(COC1OC(CO)C(O)C(O)C1O)NC(=O)C(O)CCCCCCCCCCC/C=C\CCCCCCCCCCCCCC. The van der Waals surface area contributed by atoms with Crippen LogP contribution in [0.5, 0.6) is 0 Å². The van der Waals surface area contributed by atoms with Crippen molar-refractivity contribution in [3.8, 4) is 0 Å². The Kier molecular flexibility index (Phi) is 40.1. The van der Waals surface area contributed by atoms with E-state index < -0.39 is 61.5 Å². The monoisotopic (exact) mass is 892 g/mol. The highest BCUT2D eigenvalue weighted by molar-refractivity contribution is 5.80. The summed E-state index contributed by atoms with van der Waals surface area (Å²) in [5.74, 6) is -0.633. The van der Waals surface area contributed by atoms with Crippen molar-refractivity contribution >= 4 is 5.91 Å². The summed E-state index contributed by atoms with van der Waals surface area (Å²) in [6.45, 7) is 3.56. The fraction of sp³-hybridized carbons (Fsp3) is 0.830. The predicted octanol–water partition coefficient (Wildman–Crippen LogP) is 10.8. The Labute approximate surface area is 385 Å². The molecule has 0 aromatic rings. The molecule has 1 saturated heterocycles. The zero-order chi connectivity index (χ0) is 46.0. The van der Waals surface area contributed by atoms with Gasteiger partial charge in [0.15, 0.2) is 6.29 Å². The van der Waals surface area contributed by atoms with Gasteiger partial charge in [-0.05, 0) is 70.6 Å². The number of aliphatic hydroxyl groups is 6. The quantitative estimate of drug-likeness (QED) is 0.0233. The Morgan fingerprint density at radius 1 is 0.540 bits per heavy atom. The predicted molar refractivity (Wildman–Crippen MR) is 259 cm³/mol. The van der Waals surface area contributed by atoms with Gasteiger partial charge < -0.3 is 45.4 Å². The van der Waals surface area contributed by atoms with Gasteiger partial charge in [-0.15, -0.1) is 0 Å². The zero-order valence-electron chi connectivity index (χ0n) is 40.2. The summed E-state index contributed by atoms with van der Waals surface area (Å²) in [5, 5.41) is 64.7. The van der Waals surface area contributed by atoms with E-state index in [2.05, 4.69) is 55.6 Å². The number of nitrogens with one attached hydrogen (secondary N) is 1. The lowest BCUT2D eigenvalue weighted by atomic mass is 9.99. The van der Waals surface area contributed by atoms with E-state index in [1.54, 1.807) is 6.08 Å². The Hall–Kier alpha value is -1.89. The molecule has 368 valence electrons. The maximum atomic E-state index is 13.1. The van der Waals surface area contributed by atoms with Crippen LogP contribution in [0.3, 0.4) is 0 Å². The molecule has 0 radical (unpaired) electrons. The molecule has 1 aliphatic heterocycles. The second kappa shape index (κ2) is 42.7. The van der Waals surface area contributed by atoms with Crippen molar-refractivity contribution < 1.29 is 44.9 Å². The molecule has 1 rings (SSSR count). The first-order valence-electron chi connectivity index (χ1n) is 26.0. The van der Waals surface area contributed by atoms with E-state index in [1.807, 2.05) is 6.08 Å². The number of hydrogen-bond acceptors (Lipinski definition) is 9. The molecule has 0 bridgehead atoms. The van der Waals surface area contributed by atoms with E-state index in [9.17, 15) is 35.4 Å². The Morgan fingerprint density at radius 2 is 0.937 bits per heavy atom. The lowest BCUT2D eigenvalue weighted by molar-refractivity contribution is -0.302. The van der Waals surface area contributed by atoms with Crippen molar-refractivity contribution in [1.82, 2.24) is 5.32 Å². The van der Waals surface area contributed by atoms with Gasteiger partial charge in [0.2, 0.25) is 5.91 Å². The van der Waals surface area contributed by atoms with E-state index >= 15 is 0 Å². The first kappa shape index (κ1) is 59.1. The fourth-order valence-electron chi connectivity index (χ4n) is 7.95. The Morgan fingerprint density at radius 3 is 1.41 bits per heavy atom. The highest BCUT2D eigenvalue weighted by Gasteiger charge is 2.44. The van der Waals surface area contributed by atoms with E-state index in [-0.39, 0.29) is 6.61 Å². The molecule has 1 aliphatic rings. The molecule has 1 fully saturated rings. The van der Waals surface area contributed by atoms with Gasteiger partial charge in [-0.3, -0.25) is 4.79 Å². The number of carbonyl (C=O) groups excluding carboxylic acids is 1. The largest absolute Gasteiger partial charge is 0.394 e. The minimum Gasteiger partial charge on any atom is -0.394 e. The van der Waals surface area contributed by atoms with Crippen molar-refractivity contribution in [3.63, 3.8) is 0 Å². The van der Waals surface area contributed by atoms with Gasteiger partial charge in [0.25, 0.3) is 0 Å². The highest BCUT2D eigenvalue weighted by Crippen LogP contribution is 2.23. The van der Waals surface area contributed by atoms with Gasteiger partial charge in [0.1, 0.15) is 30.5 Å². The third kappa shape index (κ3) is 32.4. The molecule has 63 heavy (non-hydrogen) atoms. The molecule has 1 heterocycles. The number of carbonyl (C=O) groups is 1. The normalized spacial score (nSPS) is 21.0. The Balaban J connectivity index is 2.30. The number of rotatable bonds is 43. The molecule has 0 saturated carbocycles. The average molecular weight is 892 g/mol. The molecule has 10 nitrogen and oxygen atoms in total. The molecule has 0 aromatic heterocycles. The molecule has 8 unspecified atom stereocenters. The number of aliphatic hydroxyl groups excluding tert-OH is 6. The molecule has 10 heteroatoms. The van der Waals surface area contributed by atoms with Gasteiger partial charge >= 0.3 is 0 Å². The summed E-state index contributed by atoms with van der Waals surface area (Å²) >= 11 is 0. The molecule has 0 aliphatic carbocycles. The second-order valence-electron chi connectivity index (χ2n) is 18.1. The topological polar surface area (TPSA) is 169 Å². The zero-order valence-corrected chi connectivity index (χ0v) is 40.2. The van der Waals surface area contributed by atoms with E-state index in [1.165, 1.54) is 141 Å². The second-order valence-corrected chi connectivity index (χ2v) is 18.1. The number of allylic oxidation sites excluding steroid dienone is 7. The van der Waals surface area contributed by atoms with Crippen LogP contribution in [0.4, 0.5) is 0 Å². The number of unbranched alkanes of at least 4 members (excludes halogenated alkanes) is 26. The smallest absolute Gasteiger partial charge is 0.249 e. The summed E-state index contributed by atoms with van der Waals surface area (Å²) in [6.07, 6.45) is 45.0. The third-order valence-electron chi connectivity index (χ3n) is 12.2. The van der Waals surface area contributed by atoms with Crippen molar-refractivity contribution in [2.24, 2.45) is 0 Å². The van der Waals surface area contributed by atoms with Crippen LogP contribution in [0.2, 0.25) is 0 Å². The summed E-state index contributed by atoms with van der Waals surface area (Å²) in [7, 11) is 0. The lowest BCUT2D eigenvalue weighted by Gasteiger charge is -2.40. The number of ether oxygens (including phenoxy) is 2. The molecule has 8 atom stereocenters.